The smallest absolute Gasteiger partial charge is 0.248 e. The van der Waals surface area contributed by atoms with Crippen molar-refractivity contribution in [1.29, 1.82) is 0 Å². The van der Waals surface area contributed by atoms with Crippen LogP contribution < -0.4 is 20.6 Å². The molecule has 0 aliphatic carbocycles. The summed E-state index contributed by atoms with van der Waals surface area (Å²) in [4.78, 5) is 40.9. The molecule has 0 bridgehead atoms. The van der Waals surface area contributed by atoms with E-state index in [2.05, 4.69) is 41.8 Å². The first-order valence-corrected chi connectivity index (χ1v) is 16.6. The Kier molecular flexibility index (Phi) is 11.2. The molecule has 0 aliphatic rings. The molecule has 6 aromatic rings. The summed E-state index contributed by atoms with van der Waals surface area (Å²) in [6.45, 7) is 0.797. The summed E-state index contributed by atoms with van der Waals surface area (Å²) in [5, 5.41) is 12.2. The number of aliphatic hydroxyl groups excluding tert-OH is 1. The molecule has 234 valence electrons. The molecule has 3 N–H and O–H groups in total. The maximum absolute atomic E-state index is 12.0. The lowest BCUT2D eigenvalue weighted by atomic mass is 10.0. The Morgan fingerprint density at radius 1 is 0.652 bits per heavy atom. The number of hydrogen-bond acceptors (Lipinski definition) is 6. The van der Waals surface area contributed by atoms with Gasteiger partial charge in [-0.3, -0.25) is 14.4 Å². The number of nitrogens with one attached hydrogen (secondary N) is 2. The molecule has 0 aliphatic heterocycles. The van der Waals surface area contributed by atoms with Crippen molar-refractivity contribution in [1.82, 2.24) is 9.97 Å². The first-order valence-electron chi connectivity index (χ1n) is 14.4. The van der Waals surface area contributed by atoms with Crippen molar-refractivity contribution in [3.8, 4) is 11.5 Å². The highest BCUT2D eigenvalue weighted by Gasteiger charge is 2.15. The molecule has 0 amide bonds. The van der Waals surface area contributed by atoms with Crippen LogP contribution in [-0.2, 0) is 13.2 Å². The number of aromatic amines is 2. The summed E-state index contributed by atoms with van der Waals surface area (Å²) in [6.07, 6.45) is -0.647. The lowest BCUT2D eigenvalue weighted by Gasteiger charge is -2.14. The van der Waals surface area contributed by atoms with Crippen LogP contribution in [0.15, 0.2) is 119 Å². The predicted octanol–water partition coefficient (Wildman–Crippen LogP) is 7.22. The monoisotopic (exact) mass is 744 g/mol. The number of ketones is 1. The Labute approximate surface area is 281 Å². The topological polar surface area (TPSA) is 121 Å². The van der Waals surface area contributed by atoms with E-state index in [0.29, 0.717) is 52.0 Å². The molecule has 6 rings (SSSR count). The largest absolute Gasteiger partial charge is 0.487 e. The average Bonchev–Trinajstić information content (AvgIpc) is 3.10. The average molecular weight is 746 g/mol. The fourth-order valence-corrected chi connectivity index (χ4v) is 5.52. The van der Waals surface area contributed by atoms with Gasteiger partial charge in [0, 0.05) is 33.8 Å². The number of fused-ring (bicyclic) bond motifs is 2. The summed E-state index contributed by atoms with van der Waals surface area (Å²) in [7, 11) is 0. The molecule has 4 aromatic carbocycles. The van der Waals surface area contributed by atoms with Crippen LogP contribution in [0.3, 0.4) is 0 Å². The van der Waals surface area contributed by atoms with Gasteiger partial charge in [-0.15, -0.1) is 0 Å². The van der Waals surface area contributed by atoms with Gasteiger partial charge in [0.25, 0.3) is 0 Å². The van der Waals surface area contributed by atoms with Crippen LogP contribution in [0, 0.1) is 0 Å². The van der Waals surface area contributed by atoms with Crippen LogP contribution >= 0.6 is 31.9 Å². The molecule has 0 radical (unpaired) electrons. The molecule has 8 nitrogen and oxygen atoms in total. The molecule has 2 heterocycles. The minimum absolute atomic E-state index is 0.0448. The van der Waals surface area contributed by atoms with E-state index in [4.69, 9.17) is 9.47 Å². The number of alkyl halides is 2. The summed E-state index contributed by atoms with van der Waals surface area (Å²) < 4.78 is 11.7. The lowest BCUT2D eigenvalue weighted by Crippen LogP contribution is -2.08. The van der Waals surface area contributed by atoms with Gasteiger partial charge in [-0.1, -0.05) is 98.6 Å². The summed E-state index contributed by atoms with van der Waals surface area (Å²) >= 11 is 6.46. The standard InChI is InChI=1S/C18H16BrNO3.C18H14BrNO3/c2*19-10-15(21)13-6-8-16(18-14(13)7-9-17(22)20-18)23-11-12-4-2-1-3-5-12/h1-9,15,21H,10-11H2,(H,20,22);1-9H,10-11H2,(H,20,22)/t15-;/m0./s1. The Hall–Kier alpha value is -4.51. The number of aliphatic hydroxyl groups is 1. The highest BCUT2D eigenvalue weighted by Crippen LogP contribution is 2.31. The van der Waals surface area contributed by atoms with Crippen LogP contribution in [0.25, 0.3) is 21.8 Å². The number of halogens is 2. The van der Waals surface area contributed by atoms with Gasteiger partial charge in [-0.25, -0.2) is 0 Å². The van der Waals surface area contributed by atoms with E-state index < -0.39 is 6.10 Å². The number of rotatable bonds is 10. The van der Waals surface area contributed by atoms with Crippen LogP contribution in [-0.4, -0.2) is 31.5 Å². The Morgan fingerprint density at radius 2 is 1.15 bits per heavy atom. The minimum atomic E-state index is -0.647. The van der Waals surface area contributed by atoms with Crippen molar-refractivity contribution in [3.05, 3.63) is 152 Å². The van der Waals surface area contributed by atoms with E-state index in [1.807, 2.05) is 66.7 Å². The van der Waals surface area contributed by atoms with Crippen LogP contribution in [0.5, 0.6) is 11.5 Å². The number of Topliss-reactive ketones (excluding diaryl/α,β-unsaturated/α-hetero) is 1. The van der Waals surface area contributed by atoms with E-state index >= 15 is 0 Å². The maximum atomic E-state index is 12.0. The van der Waals surface area contributed by atoms with Gasteiger partial charge in [0.05, 0.1) is 22.5 Å². The molecule has 0 unspecified atom stereocenters. The van der Waals surface area contributed by atoms with Crippen LogP contribution in [0.4, 0.5) is 0 Å². The summed E-state index contributed by atoms with van der Waals surface area (Å²) in [5.74, 6) is 1.09. The van der Waals surface area contributed by atoms with E-state index in [0.717, 1.165) is 22.1 Å². The third-order valence-electron chi connectivity index (χ3n) is 7.15. The number of pyridine rings is 2. The van der Waals surface area contributed by atoms with Crippen LogP contribution in [0.1, 0.15) is 33.2 Å². The molecule has 0 saturated carbocycles. The molecule has 1 atom stereocenters. The number of hydrogen-bond donors (Lipinski definition) is 3. The molecule has 10 heteroatoms. The molecular weight excluding hydrogens is 716 g/mol. The zero-order chi connectivity index (χ0) is 32.5. The summed E-state index contributed by atoms with van der Waals surface area (Å²) in [6, 6.07) is 32.9. The van der Waals surface area contributed by atoms with Gasteiger partial charge < -0.3 is 24.5 Å². The highest BCUT2D eigenvalue weighted by atomic mass is 79.9. The molecular formula is C36H30Br2N2O6. The number of benzene rings is 4. The second kappa shape index (κ2) is 15.7. The number of aromatic nitrogens is 2. The van der Waals surface area contributed by atoms with Crippen molar-refractivity contribution in [2.24, 2.45) is 0 Å². The maximum Gasteiger partial charge on any atom is 0.248 e. The fraction of sp³-hybridized carbons (Fsp3) is 0.139. The van der Waals surface area contributed by atoms with Crippen LogP contribution in [0.2, 0.25) is 0 Å². The lowest BCUT2D eigenvalue weighted by molar-refractivity contribution is 0.102. The zero-order valence-electron chi connectivity index (χ0n) is 24.5. The third kappa shape index (κ3) is 8.00. The first kappa shape index (κ1) is 32.9. The van der Waals surface area contributed by atoms with Crippen molar-refractivity contribution in [2.45, 2.75) is 19.3 Å². The first-order chi connectivity index (χ1) is 22.4. The van der Waals surface area contributed by atoms with E-state index in [1.54, 1.807) is 30.3 Å². The van der Waals surface area contributed by atoms with Gasteiger partial charge in [-0.05, 0) is 47.0 Å². The molecule has 0 fully saturated rings. The van der Waals surface area contributed by atoms with Gasteiger partial charge in [-0.2, -0.15) is 0 Å². The Bertz CT molecular complexity index is 2060. The number of carbonyl (C=O) groups is 1. The normalized spacial score (nSPS) is 11.5. The number of H-pyrrole nitrogens is 2. The quantitative estimate of drug-likeness (QED) is 0.101. The highest BCUT2D eigenvalue weighted by molar-refractivity contribution is 9.09. The number of carbonyl (C=O) groups excluding carboxylic acids is 1. The van der Waals surface area contributed by atoms with E-state index in [9.17, 15) is 19.5 Å². The zero-order valence-corrected chi connectivity index (χ0v) is 27.7. The van der Waals surface area contributed by atoms with Crippen molar-refractivity contribution in [2.75, 3.05) is 10.7 Å². The minimum Gasteiger partial charge on any atom is -0.487 e. The van der Waals surface area contributed by atoms with Gasteiger partial charge >= 0.3 is 0 Å². The Balaban J connectivity index is 0.000000181. The summed E-state index contributed by atoms with van der Waals surface area (Å²) in [5.41, 5.74) is 4.09. The molecule has 2 aromatic heterocycles. The van der Waals surface area contributed by atoms with Gasteiger partial charge in [0.15, 0.2) is 5.78 Å². The van der Waals surface area contributed by atoms with E-state index in [1.165, 1.54) is 12.1 Å². The molecule has 0 spiro atoms. The third-order valence-corrected chi connectivity index (χ3v) is 8.27. The van der Waals surface area contributed by atoms with Gasteiger partial charge in [0.2, 0.25) is 11.1 Å². The second-order valence-electron chi connectivity index (χ2n) is 10.3. The molecule has 46 heavy (non-hydrogen) atoms. The number of ether oxygens (including phenoxy) is 2. The molecule has 0 saturated heterocycles. The predicted molar refractivity (Wildman–Crippen MR) is 188 cm³/mol. The van der Waals surface area contributed by atoms with Crippen molar-refractivity contribution >= 4 is 59.4 Å². The SMILES string of the molecule is O=C(CBr)c1ccc(OCc2ccccc2)c2[nH]c(=O)ccc12.O=c1ccc2c([C@@H](O)CBr)ccc(OCc3ccccc3)c2[nH]1. The fourth-order valence-electron chi connectivity index (χ4n) is 4.87. The van der Waals surface area contributed by atoms with Gasteiger partial charge in [0.1, 0.15) is 24.7 Å². The van der Waals surface area contributed by atoms with Crippen molar-refractivity contribution in [3.63, 3.8) is 0 Å². The van der Waals surface area contributed by atoms with Crippen molar-refractivity contribution < 1.29 is 19.4 Å². The Morgan fingerprint density at radius 3 is 1.67 bits per heavy atom. The van der Waals surface area contributed by atoms with E-state index in [-0.39, 0.29) is 22.2 Å². The second-order valence-corrected chi connectivity index (χ2v) is 11.5.